The first kappa shape index (κ1) is 29.7. The van der Waals surface area contributed by atoms with Gasteiger partial charge in [0.05, 0.1) is 19.3 Å². The third-order valence-corrected chi connectivity index (χ3v) is 11.7. The van der Waals surface area contributed by atoms with Crippen LogP contribution in [0.4, 0.5) is 0 Å². The second-order valence-corrected chi connectivity index (χ2v) is 13.9. The normalized spacial score (nSPS) is 42.7. The van der Waals surface area contributed by atoms with Crippen LogP contribution in [0.25, 0.3) is 0 Å². The zero-order valence-electron chi connectivity index (χ0n) is 23.4. The van der Waals surface area contributed by atoms with Gasteiger partial charge in [0.2, 0.25) is 0 Å². The molecular weight excluding hydrogens is 587 g/mol. The summed E-state index contributed by atoms with van der Waals surface area (Å²) in [5.41, 5.74) is 1.70. The van der Waals surface area contributed by atoms with Gasteiger partial charge in [-0.1, -0.05) is 55.0 Å². The van der Waals surface area contributed by atoms with Gasteiger partial charge in [-0.15, -0.1) is 0 Å². The molecule has 4 aliphatic rings. The molecule has 3 saturated carbocycles. The highest BCUT2D eigenvalue weighted by Crippen LogP contribution is 2.68. The smallest absolute Gasteiger partial charge is 0.334 e. The predicted molar refractivity (Wildman–Crippen MR) is 149 cm³/mol. The molecule has 8 heteroatoms. The number of rotatable bonds is 10. The maximum atomic E-state index is 11.9. The van der Waals surface area contributed by atoms with Gasteiger partial charge in [0.25, 0.3) is 0 Å². The number of aliphatic hydroxyl groups excluding tert-OH is 1. The first-order valence-corrected chi connectivity index (χ1v) is 15.2. The fraction of sp³-hybridized carbons (Fsp3) is 0.897. The standard InChI is InChI=1S/C29H47IO7/c1-17(11-23(31)27(32)35-6)21-14-22(30)26-25-20(8-10-29(21,26)3)28(2)9-7-19(36-15-33-4)12-18(28)13-24(25)37-16-34-5/h14,17-20,22-26,31H,7-13,15-16H2,1-6H3/t17-,18+,19-,20?,22+,23-,24-,25?,26+,28+,29-/m1/s1. The molecule has 7 nitrogen and oxygen atoms in total. The van der Waals surface area contributed by atoms with E-state index < -0.39 is 12.1 Å². The van der Waals surface area contributed by atoms with Crippen molar-refractivity contribution < 1.29 is 33.6 Å². The summed E-state index contributed by atoms with van der Waals surface area (Å²) in [6.07, 6.45) is 8.83. The molecule has 0 radical (unpaired) electrons. The van der Waals surface area contributed by atoms with Gasteiger partial charge < -0.3 is 28.8 Å². The molecule has 37 heavy (non-hydrogen) atoms. The number of aliphatic hydroxyl groups is 1. The van der Waals surface area contributed by atoms with E-state index in [4.69, 9.17) is 23.7 Å². The molecule has 0 amide bonds. The number of allylic oxidation sites excluding steroid dienone is 2. The monoisotopic (exact) mass is 634 g/mol. The van der Waals surface area contributed by atoms with E-state index in [-0.39, 0.29) is 29.0 Å². The summed E-state index contributed by atoms with van der Waals surface area (Å²) in [6.45, 7) is 7.80. The van der Waals surface area contributed by atoms with Gasteiger partial charge in [0.15, 0.2) is 6.10 Å². The molecule has 3 fully saturated rings. The van der Waals surface area contributed by atoms with E-state index in [9.17, 15) is 9.90 Å². The van der Waals surface area contributed by atoms with Crippen molar-refractivity contribution in [2.45, 2.75) is 88.0 Å². The van der Waals surface area contributed by atoms with E-state index >= 15 is 0 Å². The van der Waals surface area contributed by atoms with Crippen LogP contribution < -0.4 is 0 Å². The quantitative estimate of drug-likeness (QED) is 0.117. The first-order valence-electron chi connectivity index (χ1n) is 13.9. The molecule has 0 spiro atoms. The van der Waals surface area contributed by atoms with Gasteiger partial charge in [0.1, 0.15) is 13.6 Å². The SMILES string of the molecule is COCO[C@@H]1CC[C@]2(C)C3CC[C@]4(C)C([C@H](C)C[C@@H](O)C(=O)OC)=C[C@H](I)[C@H]4C3[C@H](OCOC)C[C@@H]2C1. The summed E-state index contributed by atoms with van der Waals surface area (Å²) in [5.74, 6) is 1.62. The molecule has 4 rings (SSSR count). The molecule has 0 aromatic carbocycles. The highest BCUT2D eigenvalue weighted by Gasteiger charge is 2.63. The van der Waals surface area contributed by atoms with Crippen molar-refractivity contribution in [3.8, 4) is 0 Å². The fourth-order valence-corrected chi connectivity index (χ4v) is 10.5. The number of hydrogen-bond acceptors (Lipinski definition) is 7. The van der Waals surface area contributed by atoms with Crippen LogP contribution in [-0.2, 0) is 28.5 Å². The number of carbonyl (C=O) groups excluding carboxylic acids is 1. The van der Waals surface area contributed by atoms with Gasteiger partial charge in [-0.05, 0) is 85.4 Å². The predicted octanol–water partition coefficient (Wildman–Crippen LogP) is 5.13. The highest BCUT2D eigenvalue weighted by atomic mass is 127. The third-order valence-electron chi connectivity index (χ3n) is 10.6. The van der Waals surface area contributed by atoms with Crippen LogP contribution in [0.1, 0.15) is 65.7 Å². The summed E-state index contributed by atoms with van der Waals surface area (Å²) in [7, 11) is 4.72. The Balaban J connectivity index is 1.60. The van der Waals surface area contributed by atoms with E-state index in [2.05, 4.69) is 49.4 Å². The number of alkyl halides is 1. The van der Waals surface area contributed by atoms with Gasteiger partial charge in [-0.3, -0.25) is 0 Å². The zero-order valence-corrected chi connectivity index (χ0v) is 25.6. The molecule has 0 saturated heterocycles. The van der Waals surface area contributed by atoms with E-state index in [1.54, 1.807) is 14.2 Å². The number of methoxy groups -OCH3 is 3. The average molecular weight is 635 g/mol. The second-order valence-electron chi connectivity index (χ2n) is 12.4. The number of carbonyl (C=O) groups is 1. The lowest BCUT2D eigenvalue weighted by Gasteiger charge is -2.63. The van der Waals surface area contributed by atoms with Crippen LogP contribution in [0.15, 0.2) is 11.6 Å². The molecular formula is C29H47IO7. The largest absolute Gasteiger partial charge is 0.467 e. The Kier molecular flexibility index (Phi) is 9.71. The average Bonchev–Trinajstić information content (AvgIpc) is 3.16. The number of esters is 1. The Morgan fingerprint density at radius 2 is 1.81 bits per heavy atom. The molecule has 0 bridgehead atoms. The van der Waals surface area contributed by atoms with Crippen LogP contribution in [0.2, 0.25) is 0 Å². The first-order chi connectivity index (χ1) is 17.6. The van der Waals surface area contributed by atoms with Gasteiger partial charge >= 0.3 is 5.97 Å². The maximum Gasteiger partial charge on any atom is 0.334 e. The molecule has 0 aromatic heterocycles. The lowest BCUT2D eigenvalue weighted by atomic mass is 9.43. The van der Waals surface area contributed by atoms with Crippen LogP contribution in [-0.4, -0.2) is 68.2 Å². The van der Waals surface area contributed by atoms with Crippen molar-refractivity contribution in [2.24, 2.45) is 40.4 Å². The highest BCUT2D eigenvalue weighted by molar-refractivity contribution is 14.1. The minimum atomic E-state index is -1.09. The van der Waals surface area contributed by atoms with Crippen LogP contribution in [0.3, 0.4) is 0 Å². The summed E-state index contributed by atoms with van der Waals surface area (Å²) < 4.78 is 28.3. The molecule has 212 valence electrons. The second kappa shape index (κ2) is 12.1. The minimum Gasteiger partial charge on any atom is -0.467 e. The van der Waals surface area contributed by atoms with Crippen molar-refractivity contribution >= 4 is 28.6 Å². The zero-order chi connectivity index (χ0) is 27.0. The fourth-order valence-electron chi connectivity index (χ4n) is 8.86. The van der Waals surface area contributed by atoms with Gasteiger partial charge in [0, 0.05) is 18.1 Å². The van der Waals surface area contributed by atoms with Crippen LogP contribution in [0.5, 0.6) is 0 Å². The molecule has 0 aromatic rings. The Bertz CT molecular complexity index is 835. The molecule has 2 unspecified atom stereocenters. The summed E-state index contributed by atoms with van der Waals surface area (Å²) in [6, 6.07) is 0. The topological polar surface area (TPSA) is 83.5 Å². The molecule has 0 heterocycles. The van der Waals surface area contributed by atoms with Crippen molar-refractivity contribution in [1.82, 2.24) is 0 Å². The maximum absolute atomic E-state index is 11.9. The number of halogens is 1. The summed E-state index contributed by atoms with van der Waals surface area (Å²) in [5, 5.41) is 10.4. The van der Waals surface area contributed by atoms with E-state index in [1.807, 2.05) is 0 Å². The van der Waals surface area contributed by atoms with Crippen molar-refractivity contribution in [3.05, 3.63) is 11.6 Å². The Morgan fingerprint density at radius 1 is 1.11 bits per heavy atom. The number of ether oxygens (including phenoxy) is 5. The van der Waals surface area contributed by atoms with Gasteiger partial charge in [-0.25, -0.2) is 4.79 Å². The van der Waals surface area contributed by atoms with Crippen LogP contribution in [0, 0.1) is 40.4 Å². The molecule has 11 atom stereocenters. The van der Waals surface area contributed by atoms with E-state index in [0.29, 0.717) is 47.6 Å². The lowest BCUT2D eigenvalue weighted by molar-refractivity contribution is -0.208. The Labute approximate surface area is 236 Å². The summed E-state index contributed by atoms with van der Waals surface area (Å²) >= 11 is 2.64. The van der Waals surface area contributed by atoms with Crippen molar-refractivity contribution in [1.29, 1.82) is 0 Å². The third kappa shape index (κ3) is 5.53. The Morgan fingerprint density at radius 3 is 2.49 bits per heavy atom. The van der Waals surface area contributed by atoms with Gasteiger partial charge in [-0.2, -0.15) is 0 Å². The molecule has 4 aliphatic carbocycles. The summed E-state index contributed by atoms with van der Waals surface area (Å²) in [4.78, 5) is 11.9. The minimum absolute atomic E-state index is 0.0267. The van der Waals surface area contributed by atoms with Crippen molar-refractivity contribution in [3.63, 3.8) is 0 Å². The van der Waals surface area contributed by atoms with E-state index in [0.717, 1.165) is 25.7 Å². The molecule has 1 N–H and O–H groups in total. The Hall–Kier alpha value is -0.260. The van der Waals surface area contributed by atoms with Crippen molar-refractivity contribution in [2.75, 3.05) is 34.9 Å². The molecule has 0 aliphatic heterocycles. The number of fused-ring (bicyclic) bond motifs is 5. The lowest BCUT2D eigenvalue weighted by Crippen LogP contribution is -2.60. The number of hydrogen-bond donors (Lipinski definition) is 1. The van der Waals surface area contributed by atoms with E-state index in [1.165, 1.54) is 25.5 Å². The van der Waals surface area contributed by atoms with Crippen LogP contribution >= 0.6 is 22.6 Å².